The van der Waals surface area contributed by atoms with Crippen LogP contribution in [0.2, 0.25) is 13.6 Å². The van der Waals surface area contributed by atoms with Gasteiger partial charge in [-0.25, -0.2) is 5.56 Å². The number of aromatic nitrogens is 2. The fourth-order valence-corrected chi connectivity index (χ4v) is 2.69. The summed E-state index contributed by atoms with van der Waals surface area (Å²) in [7, 11) is 6.06. The molecule has 1 aromatic rings. The summed E-state index contributed by atoms with van der Waals surface area (Å²) in [6, 6.07) is 0. The van der Waals surface area contributed by atoms with Crippen LogP contribution >= 0.6 is 0 Å². The summed E-state index contributed by atoms with van der Waals surface area (Å²) < 4.78 is 0. The normalized spacial score (nSPS) is 11.0. The van der Waals surface area contributed by atoms with E-state index in [2.05, 4.69) is 49.1 Å². The predicted molar refractivity (Wildman–Crippen MR) is 158 cm³/mol. The third-order valence-electron chi connectivity index (χ3n) is 4.05. The Morgan fingerprint density at radius 1 is 1.00 bits per heavy atom. The molecule has 4 nitrogen and oxygen atoms in total. The van der Waals surface area contributed by atoms with E-state index in [1.165, 1.54) is 51.4 Å². The third-order valence-corrected chi connectivity index (χ3v) is 4.05. The van der Waals surface area contributed by atoms with Gasteiger partial charge in [0, 0.05) is 38.5 Å². The maximum absolute atomic E-state index is 5.53. The second-order valence-electron chi connectivity index (χ2n) is 6.76. The van der Waals surface area contributed by atoms with Gasteiger partial charge in [0.15, 0.2) is 0 Å². The average Bonchev–Trinajstić information content (AvgIpc) is 2.83. The van der Waals surface area contributed by atoms with E-state index in [1.807, 2.05) is 60.6 Å². The van der Waals surface area contributed by atoms with Crippen LogP contribution in [0.15, 0.2) is 0 Å². The molecule has 0 amide bonds. The van der Waals surface area contributed by atoms with Crippen LogP contribution in [0.1, 0.15) is 100 Å². The number of nitrogens with zero attached hydrogens (tertiary/aromatic N) is 4. The van der Waals surface area contributed by atoms with Crippen molar-refractivity contribution in [3.05, 3.63) is 24.2 Å². The van der Waals surface area contributed by atoms with E-state index in [9.17, 15) is 0 Å². The maximum Gasteiger partial charge on any atom is 0.131 e. The number of likely N-dealkylation sites (tertiary alicyclic amines) is 1. The summed E-state index contributed by atoms with van der Waals surface area (Å²) in [5.74, 6) is 1.60. The largest absolute Gasteiger partial charge is 0.421 e. The fraction of sp³-hybridized carbons (Fsp3) is 0.778. The van der Waals surface area contributed by atoms with E-state index < -0.39 is 0 Å². The zero-order chi connectivity index (χ0) is 24.5. The van der Waals surface area contributed by atoms with Gasteiger partial charge in [0.2, 0.25) is 0 Å². The summed E-state index contributed by atoms with van der Waals surface area (Å²) in [6.07, 6.45) is 11.5. The van der Waals surface area contributed by atoms with Gasteiger partial charge in [-0.2, -0.15) is 0 Å². The quantitative estimate of drug-likeness (QED) is 0.263. The molecule has 0 N–H and O–H groups in total. The first kappa shape index (κ1) is 47.1. The molecule has 0 atom stereocenters. The van der Waals surface area contributed by atoms with Gasteiger partial charge in [-0.1, -0.05) is 96.1 Å². The van der Waals surface area contributed by atoms with Crippen molar-refractivity contribution in [3.8, 4) is 0 Å². The van der Waals surface area contributed by atoms with Crippen LogP contribution in [0.25, 0.3) is 6.08 Å². The van der Waals surface area contributed by atoms with Crippen LogP contribution in [0.5, 0.6) is 0 Å². The van der Waals surface area contributed by atoms with Crippen molar-refractivity contribution < 1.29 is 32.7 Å². The molecule has 1 aliphatic heterocycles. The summed E-state index contributed by atoms with van der Waals surface area (Å²) >= 11 is 0. The van der Waals surface area contributed by atoms with E-state index in [1.54, 1.807) is 0 Å². The van der Waals surface area contributed by atoms with Crippen molar-refractivity contribution in [1.29, 1.82) is 0 Å². The molecule has 3 radical (unpaired) electrons. The zero-order valence-corrected chi connectivity index (χ0v) is 25.9. The SMILES string of the molecule is C.C.CC.CC.CCC.CCN1CCCCC1.[CH-]=Cc1[c-]nc(C[B]C)nc1N(C)C[B]C.[Y]. The molecule has 7 heteroatoms. The molecule has 1 aliphatic rings. The first-order valence-corrected chi connectivity index (χ1v) is 12.4. The summed E-state index contributed by atoms with van der Waals surface area (Å²) in [5, 5.41) is 0. The third kappa shape index (κ3) is 24.9. The molecule has 1 aromatic heterocycles. The molecule has 0 aliphatic carbocycles. The average molecular weight is 549 g/mol. The molecule has 2 heterocycles. The first-order valence-electron chi connectivity index (χ1n) is 12.4. The minimum atomic E-state index is 0. The molecule has 0 spiro atoms. The Kier molecular flexibility index (Phi) is 51.7. The number of hydrogen-bond acceptors (Lipinski definition) is 4. The first-order chi connectivity index (χ1) is 15.1. The molecule has 0 saturated carbocycles. The number of anilines is 1. The second-order valence-corrected chi connectivity index (χ2v) is 6.76. The van der Waals surface area contributed by atoms with Crippen LogP contribution in [-0.2, 0) is 39.0 Å². The van der Waals surface area contributed by atoms with Gasteiger partial charge in [0.1, 0.15) is 14.6 Å². The van der Waals surface area contributed by atoms with Crippen molar-refractivity contribution >= 4 is 26.5 Å². The second kappa shape index (κ2) is 37.4. The van der Waals surface area contributed by atoms with E-state index in [4.69, 9.17) is 6.58 Å². The van der Waals surface area contributed by atoms with Gasteiger partial charge in [-0.05, 0) is 51.8 Å². The molecular formula is C27H58B2N4Y-2. The van der Waals surface area contributed by atoms with Crippen LogP contribution < -0.4 is 4.90 Å². The van der Waals surface area contributed by atoms with Gasteiger partial charge >= 0.3 is 0 Å². The molecule has 34 heavy (non-hydrogen) atoms. The van der Waals surface area contributed by atoms with Crippen LogP contribution in [0.4, 0.5) is 5.82 Å². The minimum Gasteiger partial charge on any atom is -0.421 e. The van der Waals surface area contributed by atoms with Crippen molar-refractivity contribution in [2.24, 2.45) is 0 Å². The Bertz CT molecular complexity index is 500. The van der Waals surface area contributed by atoms with Crippen molar-refractivity contribution in [1.82, 2.24) is 14.9 Å². The Morgan fingerprint density at radius 2 is 1.50 bits per heavy atom. The summed E-state index contributed by atoms with van der Waals surface area (Å²) in [4.78, 5) is 13.1. The van der Waals surface area contributed by atoms with E-state index in [0.29, 0.717) is 0 Å². The molecule has 1 saturated heterocycles. The Labute approximate surface area is 243 Å². The molecule has 0 unspecified atom stereocenters. The molecule has 1 fully saturated rings. The number of hydrogen-bond donors (Lipinski definition) is 0. The monoisotopic (exact) mass is 549 g/mol. The van der Waals surface area contributed by atoms with Crippen molar-refractivity contribution in [3.63, 3.8) is 0 Å². The zero-order valence-electron chi connectivity index (χ0n) is 23.0. The Morgan fingerprint density at radius 3 is 1.85 bits per heavy atom. The molecule has 0 bridgehead atoms. The van der Waals surface area contributed by atoms with Crippen molar-refractivity contribution in [2.75, 3.05) is 38.0 Å². The smallest absolute Gasteiger partial charge is 0.131 e. The minimum absolute atomic E-state index is 0. The number of piperidine rings is 1. The van der Waals surface area contributed by atoms with E-state index in [-0.39, 0.29) is 47.6 Å². The molecular weight excluding hydrogens is 491 g/mol. The van der Waals surface area contributed by atoms with Gasteiger partial charge in [-0.15, -0.1) is 6.20 Å². The van der Waals surface area contributed by atoms with Gasteiger partial charge < -0.3 is 32.4 Å². The Balaban J connectivity index is -0.0000000927. The van der Waals surface area contributed by atoms with Gasteiger partial charge in [-0.3, -0.25) is 0 Å². The van der Waals surface area contributed by atoms with Crippen LogP contribution in [-0.4, -0.2) is 62.6 Å². The molecule has 197 valence electrons. The topological polar surface area (TPSA) is 32.3 Å². The fourth-order valence-electron chi connectivity index (χ4n) is 2.69. The van der Waals surface area contributed by atoms with Gasteiger partial charge in [0.05, 0.1) is 0 Å². The molecule has 0 aromatic carbocycles. The van der Waals surface area contributed by atoms with E-state index in [0.717, 1.165) is 30.0 Å². The maximum atomic E-state index is 5.53. The standard InChI is InChI=1S/C11H15B2N3.C7H15N.C3H8.2C2H6.2CH4.Y/c1-5-9-7-14-10(6-12-2)15-11(9)16(4)8-13-3;1-2-8-6-4-3-5-7-8;1-3-2;2*1-2;;;/h1,5H,6,8H2,2-4H3;2-7H2,1H3;3H2,1-2H3;2*1-2H3;2*1H4;/q-2;;;;;;;. The predicted octanol–water partition coefficient (Wildman–Crippen LogP) is 7.35. The van der Waals surface area contributed by atoms with Crippen molar-refractivity contribution in [2.45, 2.75) is 109 Å². The van der Waals surface area contributed by atoms with Crippen LogP contribution in [0.3, 0.4) is 0 Å². The summed E-state index contributed by atoms with van der Waals surface area (Å²) in [5.41, 5.74) is 0.740. The molecule has 2 rings (SSSR count). The Hall–Kier alpha value is -0.186. The van der Waals surface area contributed by atoms with E-state index >= 15 is 0 Å². The van der Waals surface area contributed by atoms with Crippen LogP contribution in [0, 0.1) is 12.8 Å². The van der Waals surface area contributed by atoms with Gasteiger partial charge in [0.25, 0.3) is 0 Å². The summed E-state index contributed by atoms with van der Waals surface area (Å²) in [6.45, 7) is 27.9. The number of rotatable bonds is 7.